The summed E-state index contributed by atoms with van der Waals surface area (Å²) in [5, 5.41) is 3.59. The van der Waals surface area contributed by atoms with E-state index in [1.165, 1.54) is 11.6 Å². The highest BCUT2D eigenvalue weighted by Crippen LogP contribution is 2.16. The lowest BCUT2D eigenvalue weighted by Crippen LogP contribution is -2.40. The smallest absolute Gasteiger partial charge is 0.332 e. The van der Waals surface area contributed by atoms with Crippen molar-refractivity contribution < 1.29 is 4.79 Å². The number of hydrogen-bond donors (Lipinski definition) is 1. The Kier molecular flexibility index (Phi) is 4.00. The number of nitrogens with zero attached hydrogens (tertiary/aromatic N) is 4. The van der Waals surface area contributed by atoms with E-state index in [1.54, 1.807) is 32.0 Å². The molecule has 8 nitrogen and oxygen atoms in total. The van der Waals surface area contributed by atoms with Crippen molar-refractivity contribution in [2.45, 2.75) is 19.4 Å². The number of carbonyl (C=O) groups is 1. The second kappa shape index (κ2) is 5.86. The van der Waals surface area contributed by atoms with Crippen LogP contribution in [0.25, 0.3) is 11.0 Å². The molecule has 2 aromatic rings. The van der Waals surface area contributed by atoms with Crippen LogP contribution in [-0.4, -0.2) is 51.1 Å². The predicted octanol–water partition coefficient (Wildman–Crippen LogP) is -0.625. The topological polar surface area (TPSA) is 89.2 Å². The third-order valence-electron chi connectivity index (χ3n) is 4.73. The molecule has 1 aliphatic rings. The molecule has 0 aromatic carbocycles. The van der Waals surface area contributed by atoms with Crippen LogP contribution < -0.4 is 16.6 Å². The van der Waals surface area contributed by atoms with Gasteiger partial charge in [-0.2, -0.15) is 0 Å². The van der Waals surface area contributed by atoms with Crippen LogP contribution in [0, 0.1) is 6.92 Å². The van der Waals surface area contributed by atoms with Crippen molar-refractivity contribution in [2.75, 3.05) is 20.1 Å². The summed E-state index contributed by atoms with van der Waals surface area (Å²) in [6, 6.07) is 1.75. The number of aryl methyl sites for hydroxylation is 2. The average molecular weight is 331 g/mol. The average Bonchev–Trinajstić information content (AvgIpc) is 3.10. The fourth-order valence-electron chi connectivity index (χ4n) is 3.16. The number of hydrogen-bond acceptors (Lipinski definition) is 5. The Hall–Kier alpha value is -2.48. The number of nitrogens with one attached hydrogen (secondary N) is 1. The zero-order valence-electron chi connectivity index (χ0n) is 14.3. The van der Waals surface area contributed by atoms with E-state index in [0.717, 1.165) is 24.1 Å². The number of aromatic nitrogens is 3. The Bertz CT molecular complexity index is 937. The summed E-state index contributed by atoms with van der Waals surface area (Å²) in [6.45, 7) is 3.40. The number of pyridine rings is 1. The van der Waals surface area contributed by atoms with Gasteiger partial charge in [-0.3, -0.25) is 18.7 Å². The van der Waals surface area contributed by atoms with Crippen molar-refractivity contribution in [3.63, 3.8) is 0 Å². The Morgan fingerprint density at radius 2 is 2.04 bits per heavy atom. The maximum atomic E-state index is 12.7. The minimum atomic E-state index is -0.461. The molecule has 1 fully saturated rings. The Morgan fingerprint density at radius 3 is 2.67 bits per heavy atom. The predicted molar refractivity (Wildman–Crippen MR) is 90.3 cm³/mol. The lowest BCUT2D eigenvalue weighted by atomic mass is 10.1. The summed E-state index contributed by atoms with van der Waals surface area (Å²) in [4.78, 5) is 43.2. The Morgan fingerprint density at radius 1 is 1.33 bits per heavy atom. The standard InChI is InChI=1S/C16H21N5O3/c1-9-7-11(14(22)19(2)10-5-6-17-8-10)18-13-12(9)15(23)21(4)16(24)20(13)3/h7,10,17H,5-6,8H2,1-4H3. The molecule has 1 atom stereocenters. The van der Waals surface area contributed by atoms with Gasteiger partial charge in [-0.05, 0) is 31.5 Å². The number of amides is 1. The first-order valence-electron chi connectivity index (χ1n) is 7.88. The fourth-order valence-corrected chi connectivity index (χ4v) is 3.16. The second-order valence-corrected chi connectivity index (χ2v) is 6.29. The first-order chi connectivity index (χ1) is 11.3. The van der Waals surface area contributed by atoms with Gasteiger partial charge >= 0.3 is 5.69 Å². The molecule has 1 amide bonds. The van der Waals surface area contributed by atoms with Gasteiger partial charge in [0.2, 0.25) is 0 Å². The van der Waals surface area contributed by atoms with Crippen LogP contribution in [0.4, 0.5) is 0 Å². The molecule has 0 spiro atoms. The van der Waals surface area contributed by atoms with Crippen molar-refractivity contribution in [1.82, 2.24) is 24.3 Å². The first kappa shape index (κ1) is 16.4. The van der Waals surface area contributed by atoms with E-state index in [4.69, 9.17) is 0 Å². The fraction of sp³-hybridized carbons (Fsp3) is 0.500. The van der Waals surface area contributed by atoms with Crippen LogP contribution in [0.2, 0.25) is 0 Å². The van der Waals surface area contributed by atoms with Crippen molar-refractivity contribution in [3.05, 3.63) is 38.2 Å². The molecular formula is C16H21N5O3. The summed E-state index contributed by atoms with van der Waals surface area (Å²) < 4.78 is 2.35. The zero-order valence-corrected chi connectivity index (χ0v) is 14.3. The van der Waals surface area contributed by atoms with Crippen molar-refractivity contribution in [3.8, 4) is 0 Å². The van der Waals surface area contributed by atoms with Gasteiger partial charge < -0.3 is 10.2 Å². The minimum absolute atomic E-state index is 0.128. The third kappa shape index (κ3) is 2.43. The highest BCUT2D eigenvalue weighted by Gasteiger charge is 2.26. The largest absolute Gasteiger partial charge is 0.336 e. The Balaban J connectivity index is 2.16. The van der Waals surface area contributed by atoms with Gasteiger partial charge in [0.15, 0.2) is 0 Å². The van der Waals surface area contributed by atoms with Crippen LogP contribution in [-0.2, 0) is 14.1 Å². The van der Waals surface area contributed by atoms with E-state index >= 15 is 0 Å². The number of rotatable bonds is 2. The molecular weight excluding hydrogens is 310 g/mol. The molecule has 0 radical (unpaired) electrons. The van der Waals surface area contributed by atoms with Gasteiger partial charge in [0.05, 0.1) is 5.39 Å². The molecule has 1 saturated heterocycles. The Labute approximate surface area is 138 Å². The van der Waals surface area contributed by atoms with Crippen molar-refractivity contribution in [2.24, 2.45) is 14.1 Å². The van der Waals surface area contributed by atoms with E-state index in [9.17, 15) is 14.4 Å². The molecule has 1 aliphatic heterocycles. The van der Waals surface area contributed by atoms with E-state index < -0.39 is 11.2 Å². The molecule has 24 heavy (non-hydrogen) atoms. The molecule has 0 bridgehead atoms. The van der Waals surface area contributed by atoms with E-state index in [1.807, 2.05) is 0 Å². The lowest BCUT2D eigenvalue weighted by Gasteiger charge is -2.23. The van der Waals surface area contributed by atoms with Gasteiger partial charge in [-0.15, -0.1) is 0 Å². The summed E-state index contributed by atoms with van der Waals surface area (Å²) in [7, 11) is 4.74. The molecule has 0 aliphatic carbocycles. The quantitative estimate of drug-likeness (QED) is 0.792. The molecule has 0 saturated carbocycles. The van der Waals surface area contributed by atoms with Crippen molar-refractivity contribution >= 4 is 16.9 Å². The number of likely N-dealkylation sites (N-methyl/N-ethyl adjacent to an activating group) is 1. The maximum absolute atomic E-state index is 12.7. The van der Waals surface area contributed by atoms with Crippen LogP contribution in [0.5, 0.6) is 0 Å². The monoisotopic (exact) mass is 331 g/mol. The number of fused-ring (bicyclic) bond motifs is 1. The normalized spacial score (nSPS) is 17.4. The van der Waals surface area contributed by atoms with Crippen LogP contribution in [0.15, 0.2) is 15.7 Å². The van der Waals surface area contributed by atoms with E-state index in [-0.39, 0.29) is 23.3 Å². The lowest BCUT2D eigenvalue weighted by molar-refractivity contribution is 0.0738. The number of carbonyl (C=O) groups excluding carboxylic acids is 1. The first-order valence-corrected chi connectivity index (χ1v) is 7.88. The van der Waals surface area contributed by atoms with E-state index in [2.05, 4.69) is 10.3 Å². The van der Waals surface area contributed by atoms with Gasteiger partial charge in [-0.25, -0.2) is 9.78 Å². The minimum Gasteiger partial charge on any atom is -0.336 e. The molecule has 3 rings (SSSR count). The summed E-state index contributed by atoms with van der Waals surface area (Å²) in [5.74, 6) is -0.207. The maximum Gasteiger partial charge on any atom is 0.332 e. The summed E-state index contributed by atoms with van der Waals surface area (Å²) in [6.07, 6.45) is 0.897. The highest BCUT2D eigenvalue weighted by molar-refractivity contribution is 5.95. The molecule has 128 valence electrons. The molecule has 2 aromatic heterocycles. The van der Waals surface area contributed by atoms with Crippen LogP contribution in [0.3, 0.4) is 0 Å². The van der Waals surface area contributed by atoms with Crippen LogP contribution in [0.1, 0.15) is 22.5 Å². The van der Waals surface area contributed by atoms with Gasteiger partial charge in [-0.1, -0.05) is 0 Å². The summed E-state index contributed by atoms with van der Waals surface area (Å²) >= 11 is 0. The molecule has 1 N–H and O–H groups in total. The van der Waals surface area contributed by atoms with E-state index in [0.29, 0.717) is 10.9 Å². The summed E-state index contributed by atoms with van der Waals surface area (Å²) in [5.41, 5.74) is 0.266. The highest BCUT2D eigenvalue weighted by atomic mass is 16.2. The second-order valence-electron chi connectivity index (χ2n) is 6.29. The van der Waals surface area contributed by atoms with Crippen molar-refractivity contribution in [1.29, 1.82) is 0 Å². The molecule has 3 heterocycles. The van der Waals surface area contributed by atoms with Crippen LogP contribution >= 0.6 is 0 Å². The van der Waals surface area contributed by atoms with Gasteiger partial charge in [0.1, 0.15) is 11.3 Å². The van der Waals surface area contributed by atoms with Gasteiger partial charge in [0.25, 0.3) is 11.5 Å². The molecule has 8 heteroatoms. The molecule has 1 unspecified atom stereocenters. The van der Waals surface area contributed by atoms with Gasteiger partial charge in [0, 0.05) is 33.7 Å². The zero-order chi connectivity index (χ0) is 17.6. The SMILES string of the molecule is Cc1cc(C(=O)N(C)C2CCNC2)nc2c1c(=O)n(C)c(=O)n2C. The third-order valence-corrected chi connectivity index (χ3v) is 4.73.